The van der Waals surface area contributed by atoms with Crippen molar-refractivity contribution in [2.45, 2.75) is 20.1 Å². The molecule has 0 fully saturated rings. The van der Waals surface area contributed by atoms with Gasteiger partial charge in [-0.3, -0.25) is 0 Å². The van der Waals surface area contributed by atoms with Gasteiger partial charge in [-0.2, -0.15) is 0 Å². The van der Waals surface area contributed by atoms with Crippen LogP contribution in [0.3, 0.4) is 0 Å². The second kappa shape index (κ2) is 4.10. The molecule has 0 saturated heterocycles. The highest BCUT2D eigenvalue weighted by Gasteiger charge is 2.10. The lowest BCUT2D eigenvalue weighted by Gasteiger charge is -2.03. The maximum atomic E-state index is 13.4. The fourth-order valence-corrected chi connectivity index (χ4v) is 2.56. The number of aliphatic hydroxyl groups excluding tert-OH is 1. The van der Waals surface area contributed by atoms with Crippen LogP contribution in [0.5, 0.6) is 0 Å². The molecule has 0 aliphatic carbocycles. The van der Waals surface area contributed by atoms with Crippen molar-refractivity contribution in [3.8, 4) is 0 Å². The number of rotatable bonds is 2. The number of halogens is 1. The number of aliphatic hydroxyl groups is 1. The molecule has 1 aromatic heterocycles. The summed E-state index contributed by atoms with van der Waals surface area (Å²) in [6.45, 7) is 2.91. The summed E-state index contributed by atoms with van der Waals surface area (Å²) >= 11 is 0. The number of nitrogens with zero attached hydrogens (tertiary/aromatic N) is 1. The number of aryl methyl sites for hydroxylation is 1. The molecule has 2 aromatic carbocycles. The van der Waals surface area contributed by atoms with E-state index in [1.54, 1.807) is 6.07 Å². The Labute approximate surface area is 104 Å². The minimum Gasteiger partial charge on any atom is -0.392 e. The predicted molar refractivity (Wildman–Crippen MR) is 71.0 cm³/mol. The van der Waals surface area contributed by atoms with Crippen molar-refractivity contribution >= 4 is 21.8 Å². The van der Waals surface area contributed by atoms with Gasteiger partial charge in [-0.15, -0.1) is 0 Å². The average Bonchev–Trinajstić information content (AvgIpc) is 2.71. The molecule has 1 N–H and O–H groups in total. The molecule has 92 valence electrons. The van der Waals surface area contributed by atoms with Crippen LogP contribution in [-0.2, 0) is 13.2 Å². The third-order valence-electron chi connectivity index (χ3n) is 3.39. The van der Waals surface area contributed by atoms with Crippen LogP contribution in [0.1, 0.15) is 12.5 Å². The van der Waals surface area contributed by atoms with Crippen molar-refractivity contribution in [1.82, 2.24) is 4.57 Å². The molecule has 18 heavy (non-hydrogen) atoms. The average molecular weight is 243 g/mol. The van der Waals surface area contributed by atoms with Gasteiger partial charge in [0.1, 0.15) is 5.82 Å². The standard InChI is InChI=1S/C15H14FNO/c1-2-17-14-5-3-10(9-18)7-12(14)13-8-11(16)4-6-15(13)17/h3-8,18H,2,9H2,1H3. The number of fused-ring (bicyclic) bond motifs is 3. The largest absolute Gasteiger partial charge is 0.392 e. The highest BCUT2D eigenvalue weighted by Crippen LogP contribution is 2.30. The summed E-state index contributed by atoms with van der Waals surface area (Å²) in [7, 11) is 0. The van der Waals surface area contributed by atoms with Gasteiger partial charge in [-0.25, -0.2) is 4.39 Å². The maximum absolute atomic E-state index is 13.4. The molecule has 3 aromatic rings. The first-order valence-electron chi connectivity index (χ1n) is 6.06. The Bertz CT molecular complexity index is 730. The molecular weight excluding hydrogens is 229 g/mol. The van der Waals surface area contributed by atoms with E-state index >= 15 is 0 Å². The Kier molecular flexibility index (Phi) is 2.56. The molecule has 0 bridgehead atoms. The van der Waals surface area contributed by atoms with Crippen molar-refractivity contribution in [1.29, 1.82) is 0 Å². The van der Waals surface area contributed by atoms with E-state index < -0.39 is 0 Å². The molecule has 0 aliphatic heterocycles. The minimum absolute atomic E-state index is 0.00402. The van der Waals surface area contributed by atoms with E-state index in [9.17, 15) is 9.50 Å². The molecule has 0 unspecified atom stereocenters. The molecule has 3 heteroatoms. The van der Waals surface area contributed by atoms with Crippen LogP contribution in [0.15, 0.2) is 36.4 Å². The third kappa shape index (κ3) is 1.51. The fourth-order valence-electron chi connectivity index (χ4n) is 2.56. The highest BCUT2D eigenvalue weighted by molar-refractivity contribution is 6.08. The van der Waals surface area contributed by atoms with Gasteiger partial charge in [0.25, 0.3) is 0 Å². The molecule has 0 atom stereocenters. The second-order valence-electron chi connectivity index (χ2n) is 4.42. The molecule has 0 aliphatic rings. The summed E-state index contributed by atoms with van der Waals surface area (Å²) < 4.78 is 15.6. The highest BCUT2D eigenvalue weighted by atomic mass is 19.1. The summed E-state index contributed by atoms with van der Waals surface area (Å²) in [6, 6.07) is 10.7. The van der Waals surface area contributed by atoms with E-state index in [0.717, 1.165) is 33.9 Å². The quantitative estimate of drug-likeness (QED) is 0.732. The van der Waals surface area contributed by atoms with E-state index in [-0.39, 0.29) is 12.4 Å². The first-order chi connectivity index (χ1) is 8.74. The van der Waals surface area contributed by atoms with Crippen molar-refractivity contribution in [2.75, 3.05) is 0 Å². The van der Waals surface area contributed by atoms with Crippen LogP contribution in [0.4, 0.5) is 4.39 Å². The van der Waals surface area contributed by atoms with Gasteiger partial charge in [0, 0.05) is 28.4 Å². The lowest BCUT2D eigenvalue weighted by atomic mass is 10.1. The Morgan fingerprint density at radius 2 is 1.72 bits per heavy atom. The summed E-state index contributed by atoms with van der Waals surface area (Å²) in [4.78, 5) is 0. The van der Waals surface area contributed by atoms with E-state index in [0.29, 0.717) is 0 Å². The fraction of sp³-hybridized carbons (Fsp3) is 0.200. The predicted octanol–water partition coefficient (Wildman–Crippen LogP) is 3.45. The molecule has 3 rings (SSSR count). The van der Waals surface area contributed by atoms with Crippen LogP contribution in [0.25, 0.3) is 21.8 Å². The number of benzene rings is 2. The lowest BCUT2D eigenvalue weighted by molar-refractivity contribution is 0.282. The molecule has 0 spiro atoms. The van der Waals surface area contributed by atoms with Gasteiger partial charge < -0.3 is 9.67 Å². The van der Waals surface area contributed by atoms with Crippen LogP contribution < -0.4 is 0 Å². The van der Waals surface area contributed by atoms with E-state index in [1.165, 1.54) is 6.07 Å². The zero-order chi connectivity index (χ0) is 12.7. The molecule has 2 nitrogen and oxygen atoms in total. The molecule has 0 amide bonds. The summed E-state index contributed by atoms with van der Waals surface area (Å²) in [6.07, 6.45) is 0. The van der Waals surface area contributed by atoms with Gasteiger partial charge in [-0.05, 0) is 42.8 Å². The van der Waals surface area contributed by atoms with E-state index in [1.807, 2.05) is 24.3 Å². The first kappa shape index (κ1) is 11.2. The van der Waals surface area contributed by atoms with Crippen LogP contribution in [0, 0.1) is 5.82 Å². The molecule has 1 heterocycles. The SMILES string of the molecule is CCn1c2ccc(F)cc2c2cc(CO)ccc21. The molecular formula is C15H14FNO. The summed E-state index contributed by atoms with van der Waals surface area (Å²) in [5.41, 5.74) is 2.96. The Morgan fingerprint density at radius 3 is 2.39 bits per heavy atom. The number of aromatic nitrogens is 1. The maximum Gasteiger partial charge on any atom is 0.123 e. The zero-order valence-corrected chi connectivity index (χ0v) is 10.2. The normalized spacial score (nSPS) is 11.5. The van der Waals surface area contributed by atoms with Gasteiger partial charge in [0.2, 0.25) is 0 Å². The summed E-state index contributed by atoms with van der Waals surface area (Å²) in [5.74, 6) is -0.230. The van der Waals surface area contributed by atoms with Crippen LogP contribution in [0.2, 0.25) is 0 Å². The first-order valence-corrected chi connectivity index (χ1v) is 6.06. The van der Waals surface area contributed by atoms with Crippen molar-refractivity contribution in [2.24, 2.45) is 0 Å². The minimum atomic E-state index is -0.230. The topological polar surface area (TPSA) is 25.2 Å². The number of hydrogen-bond acceptors (Lipinski definition) is 1. The second-order valence-corrected chi connectivity index (χ2v) is 4.42. The molecule has 0 radical (unpaired) electrons. The zero-order valence-electron chi connectivity index (χ0n) is 10.2. The Hall–Kier alpha value is -1.87. The Morgan fingerprint density at radius 1 is 1.06 bits per heavy atom. The van der Waals surface area contributed by atoms with Crippen molar-refractivity contribution in [3.05, 3.63) is 47.8 Å². The summed E-state index contributed by atoms with van der Waals surface area (Å²) in [5, 5.41) is 11.1. The number of hydrogen-bond donors (Lipinski definition) is 1. The van der Waals surface area contributed by atoms with Crippen molar-refractivity contribution < 1.29 is 9.50 Å². The van der Waals surface area contributed by atoms with Gasteiger partial charge in [0.15, 0.2) is 0 Å². The van der Waals surface area contributed by atoms with Crippen molar-refractivity contribution in [3.63, 3.8) is 0 Å². The lowest BCUT2D eigenvalue weighted by Crippen LogP contribution is -1.93. The van der Waals surface area contributed by atoms with Crippen LogP contribution in [-0.4, -0.2) is 9.67 Å². The monoisotopic (exact) mass is 243 g/mol. The molecule has 0 saturated carbocycles. The van der Waals surface area contributed by atoms with E-state index in [4.69, 9.17) is 0 Å². The van der Waals surface area contributed by atoms with Gasteiger partial charge >= 0.3 is 0 Å². The van der Waals surface area contributed by atoms with E-state index in [2.05, 4.69) is 11.5 Å². The van der Waals surface area contributed by atoms with Crippen LogP contribution >= 0.6 is 0 Å². The van der Waals surface area contributed by atoms with Gasteiger partial charge in [0.05, 0.1) is 6.61 Å². The Balaban J connectivity index is 2.49. The third-order valence-corrected chi connectivity index (χ3v) is 3.39. The van der Waals surface area contributed by atoms with Gasteiger partial charge in [-0.1, -0.05) is 6.07 Å². The smallest absolute Gasteiger partial charge is 0.123 e.